The van der Waals surface area contributed by atoms with E-state index in [0.29, 0.717) is 0 Å². The zero-order valence-corrected chi connectivity index (χ0v) is 8.79. The molecule has 0 amide bonds. The topological polar surface area (TPSA) is 38.9 Å². The second-order valence-electron chi connectivity index (χ2n) is 3.30. The SMILES string of the molecule is Cc1ccc(C(N)c2cscn2)cc1. The van der Waals surface area contributed by atoms with Gasteiger partial charge in [0.2, 0.25) is 0 Å². The Morgan fingerprint density at radius 3 is 2.57 bits per heavy atom. The van der Waals surface area contributed by atoms with Gasteiger partial charge in [-0.15, -0.1) is 11.3 Å². The lowest BCUT2D eigenvalue weighted by Crippen LogP contribution is -2.11. The van der Waals surface area contributed by atoms with Gasteiger partial charge in [0.25, 0.3) is 0 Å². The van der Waals surface area contributed by atoms with E-state index in [9.17, 15) is 0 Å². The van der Waals surface area contributed by atoms with E-state index in [2.05, 4.69) is 36.2 Å². The van der Waals surface area contributed by atoms with Crippen LogP contribution >= 0.6 is 11.3 Å². The Hall–Kier alpha value is -1.19. The summed E-state index contributed by atoms with van der Waals surface area (Å²) in [4.78, 5) is 4.21. The van der Waals surface area contributed by atoms with Gasteiger partial charge in [-0.1, -0.05) is 29.8 Å². The molecule has 3 heteroatoms. The van der Waals surface area contributed by atoms with Crippen LogP contribution in [0.4, 0.5) is 0 Å². The fourth-order valence-electron chi connectivity index (χ4n) is 1.32. The highest BCUT2D eigenvalue weighted by atomic mass is 32.1. The van der Waals surface area contributed by atoms with Crippen LogP contribution in [-0.2, 0) is 0 Å². The zero-order valence-electron chi connectivity index (χ0n) is 7.97. The predicted molar refractivity (Wildman–Crippen MR) is 59.3 cm³/mol. The second-order valence-corrected chi connectivity index (χ2v) is 4.02. The molecule has 2 nitrogen and oxygen atoms in total. The van der Waals surface area contributed by atoms with Gasteiger partial charge < -0.3 is 5.73 Å². The molecule has 0 saturated carbocycles. The molecule has 2 rings (SSSR count). The molecule has 72 valence electrons. The maximum Gasteiger partial charge on any atom is 0.0795 e. The van der Waals surface area contributed by atoms with Crippen molar-refractivity contribution in [3.63, 3.8) is 0 Å². The molecule has 0 aliphatic heterocycles. The number of hydrogen-bond donors (Lipinski definition) is 1. The summed E-state index contributed by atoms with van der Waals surface area (Å²) in [6.45, 7) is 2.07. The first-order chi connectivity index (χ1) is 6.77. The molecule has 1 aromatic carbocycles. The molecule has 2 aromatic rings. The van der Waals surface area contributed by atoms with Crippen LogP contribution in [0.15, 0.2) is 35.2 Å². The van der Waals surface area contributed by atoms with Gasteiger partial charge in [-0.25, -0.2) is 4.98 Å². The van der Waals surface area contributed by atoms with Crippen molar-refractivity contribution in [2.75, 3.05) is 0 Å². The van der Waals surface area contributed by atoms with E-state index in [1.54, 1.807) is 11.3 Å². The van der Waals surface area contributed by atoms with Gasteiger partial charge in [-0.3, -0.25) is 0 Å². The van der Waals surface area contributed by atoms with Crippen LogP contribution in [0.1, 0.15) is 22.9 Å². The average Bonchev–Trinajstić information content (AvgIpc) is 2.71. The lowest BCUT2D eigenvalue weighted by atomic mass is 10.0. The maximum absolute atomic E-state index is 6.05. The molecule has 0 aliphatic carbocycles. The molecule has 1 unspecified atom stereocenters. The third-order valence-electron chi connectivity index (χ3n) is 2.21. The Morgan fingerprint density at radius 2 is 2.00 bits per heavy atom. The van der Waals surface area contributed by atoms with Crippen LogP contribution < -0.4 is 5.73 Å². The summed E-state index contributed by atoms with van der Waals surface area (Å²) < 4.78 is 0. The quantitative estimate of drug-likeness (QED) is 0.816. The summed E-state index contributed by atoms with van der Waals surface area (Å²) in [7, 11) is 0. The highest BCUT2D eigenvalue weighted by Gasteiger charge is 2.09. The molecule has 0 bridgehead atoms. The third kappa shape index (κ3) is 1.84. The first-order valence-corrected chi connectivity index (χ1v) is 5.42. The van der Waals surface area contributed by atoms with Gasteiger partial charge in [-0.2, -0.15) is 0 Å². The second kappa shape index (κ2) is 3.90. The molecular weight excluding hydrogens is 192 g/mol. The van der Waals surface area contributed by atoms with E-state index in [1.165, 1.54) is 5.56 Å². The molecule has 1 atom stereocenters. The smallest absolute Gasteiger partial charge is 0.0795 e. The fraction of sp³-hybridized carbons (Fsp3) is 0.182. The lowest BCUT2D eigenvalue weighted by molar-refractivity contribution is 0.838. The van der Waals surface area contributed by atoms with Crippen molar-refractivity contribution in [3.8, 4) is 0 Å². The number of thiazole rings is 1. The predicted octanol–water partition coefficient (Wildman–Crippen LogP) is 2.50. The summed E-state index contributed by atoms with van der Waals surface area (Å²) in [6, 6.07) is 8.16. The van der Waals surface area contributed by atoms with Crippen molar-refractivity contribution in [1.82, 2.24) is 4.98 Å². The zero-order chi connectivity index (χ0) is 9.97. The highest BCUT2D eigenvalue weighted by Crippen LogP contribution is 2.19. The minimum absolute atomic E-state index is 0.0955. The Balaban J connectivity index is 2.28. The van der Waals surface area contributed by atoms with Gasteiger partial charge in [0.1, 0.15) is 0 Å². The van der Waals surface area contributed by atoms with E-state index in [4.69, 9.17) is 5.73 Å². The maximum atomic E-state index is 6.05. The van der Waals surface area contributed by atoms with Crippen molar-refractivity contribution >= 4 is 11.3 Å². The molecular formula is C11H12N2S. The van der Waals surface area contributed by atoms with Crippen LogP contribution in [0, 0.1) is 6.92 Å². The lowest BCUT2D eigenvalue weighted by Gasteiger charge is -2.08. The summed E-state index contributed by atoms with van der Waals surface area (Å²) in [5.41, 5.74) is 11.2. The number of rotatable bonds is 2. The summed E-state index contributed by atoms with van der Waals surface area (Å²) in [5.74, 6) is 0. The van der Waals surface area contributed by atoms with Crippen LogP contribution in [0.5, 0.6) is 0 Å². The molecule has 1 aromatic heterocycles. The Bertz CT molecular complexity index is 392. The van der Waals surface area contributed by atoms with Gasteiger partial charge in [-0.05, 0) is 12.5 Å². The average molecular weight is 204 g/mol. The summed E-state index contributed by atoms with van der Waals surface area (Å²) in [6.07, 6.45) is 0. The summed E-state index contributed by atoms with van der Waals surface area (Å²) >= 11 is 1.57. The first kappa shape index (κ1) is 9.37. The minimum atomic E-state index is -0.0955. The standard InChI is InChI=1S/C11H12N2S/c1-8-2-4-9(5-3-8)11(12)10-6-14-7-13-10/h2-7,11H,12H2,1H3. The van der Waals surface area contributed by atoms with Gasteiger partial charge >= 0.3 is 0 Å². The number of hydrogen-bond acceptors (Lipinski definition) is 3. The van der Waals surface area contributed by atoms with Crippen molar-refractivity contribution in [2.45, 2.75) is 13.0 Å². The van der Waals surface area contributed by atoms with Gasteiger partial charge in [0.05, 0.1) is 17.2 Å². The van der Waals surface area contributed by atoms with Crippen molar-refractivity contribution < 1.29 is 0 Å². The number of aryl methyl sites for hydroxylation is 1. The normalized spacial score (nSPS) is 12.7. The largest absolute Gasteiger partial charge is 0.319 e. The number of nitrogens with zero attached hydrogens (tertiary/aromatic N) is 1. The number of nitrogens with two attached hydrogens (primary N) is 1. The Kier molecular flexibility index (Phi) is 2.61. The molecule has 0 fully saturated rings. The van der Waals surface area contributed by atoms with E-state index in [0.717, 1.165) is 11.3 Å². The molecule has 0 saturated heterocycles. The van der Waals surface area contributed by atoms with Crippen molar-refractivity contribution in [2.24, 2.45) is 5.73 Å². The summed E-state index contributed by atoms with van der Waals surface area (Å²) in [5, 5.41) is 1.99. The van der Waals surface area contributed by atoms with Crippen molar-refractivity contribution in [3.05, 3.63) is 52.0 Å². The Morgan fingerprint density at radius 1 is 1.29 bits per heavy atom. The molecule has 14 heavy (non-hydrogen) atoms. The number of benzene rings is 1. The van der Waals surface area contributed by atoms with Crippen LogP contribution in [0.25, 0.3) is 0 Å². The molecule has 0 spiro atoms. The van der Waals surface area contributed by atoms with Gasteiger partial charge in [0.15, 0.2) is 0 Å². The third-order valence-corrected chi connectivity index (χ3v) is 2.81. The fourth-order valence-corrected chi connectivity index (χ4v) is 1.91. The first-order valence-electron chi connectivity index (χ1n) is 4.47. The highest BCUT2D eigenvalue weighted by molar-refractivity contribution is 7.07. The molecule has 0 radical (unpaired) electrons. The van der Waals surface area contributed by atoms with E-state index in [1.807, 2.05) is 10.9 Å². The van der Waals surface area contributed by atoms with Crippen molar-refractivity contribution in [1.29, 1.82) is 0 Å². The Labute approximate surface area is 87.4 Å². The molecule has 1 heterocycles. The monoisotopic (exact) mass is 204 g/mol. The van der Waals surface area contributed by atoms with Crippen LogP contribution in [0.2, 0.25) is 0 Å². The van der Waals surface area contributed by atoms with E-state index >= 15 is 0 Å². The van der Waals surface area contributed by atoms with E-state index in [-0.39, 0.29) is 6.04 Å². The minimum Gasteiger partial charge on any atom is -0.319 e. The van der Waals surface area contributed by atoms with E-state index < -0.39 is 0 Å². The van der Waals surface area contributed by atoms with Gasteiger partial charge in [0, 0.05) is 5.38 Å². The van der Waals surface area contributed by atoms with Crippen LogP contribution in [-0.4, -0.2) is 4.98 Å². The number of aromatic nitrogens is 1. The molecule has 2 N–H and O–H groups in total. The molecule has 0 aliphatic rings. The van der Waals surface area contributed by atoms with Crippen LogP contribution in [0.3, 0.4) is 0 Å².